The van der Waals surface area contributed by atoms with E-state index in [1.807, 2.05) is 13.0 Å². The maximum atomic E-state index is 10.6. The predicted octanol–water partition coefficient (Wildman–Crippen LogP) is 0.909. The fourth-order valence-electron chi connectivity index (χ4n) is 1.42. The molecule has 0 radical (unpaired) electrons. The van der Waals surface area contributed by atoms with E-state index in [1.54, 1.807) is 12.1 Å². The first-order valence-corrected chi connectivity index (χ1v) is 4.84. The first-order valence-electron chi connectivity index (χ1n) is 4.84. The highest BCUT2D eigenvalue weighted by molar-refractivity contribution is 5.73. The van der Waals surface area contributed by atoms with E-state index >= 15 is 0 Å². The van der Waals surface area contributed by atoms with E-state index in [2.05, 4.69) is 0 Å². The van der Waals surface area contributed by atoms with E-state index in [0.717, 1.165) is 5.56 Å². The van der Waals surface area contributed by atoms with Crippen LogP contribution < -0.4 is 5.73 Å². The van der Waals surface area contributed by atoms with Gasteiger partial charge in [0.2, 0.25) is 0 Å². The van der Waals surface area contributed by atoms with Gasteiger partial charge in [-0.2, -0.15) is 0 Å². The van der Waals surface area contributed by atoms with Gasteiger partial charge in [-0.1, -0.05) is 25.1 Å². The Kier molecular flexibility index (Phi) is 3.68. The normalized spacial score (nSPS) is 12.4. The maximum absolute atomic E-state index is 10.6. The molecule has 4 heteroatoms. The lowest BCUT2D eigenvalue weighted by Gasteiger charge is -2.10. The van der Waals surface area contributed by atoms with Gasteiger partial charge in [0.15, 0.2) is 0 Å². The van der Waals surface area contributed by atoms with Gasteiger partial charge in [-0.05, 0) is 17.5 Å². The molecule has 0 amide bonds. The van der Waals surface area contributed by atoms with Crippen LogP contribution in [0.1, 0.15) is 18.1 Å². The van der Waals surface area contributed by atoms with Crippen molar-refractivity contribution in [2.45, 2.75) is 25.8 Å². The molecule has 0 aromatic heterocycles. The largest absolute Gasteiger partial charge is 0.507 e. The lowest BCUT2D eigenvalue weighted by atomic mass is 10.0. The Hall–Kier alpha value is -1.55. The van der Waals surface area contributed by atoms with E-state index in [-0.39, 0.29) is 12.2 Å². The average Bonchev–Trinajstić information content (AvgIpc) is 2.21. The van der Waals surface area contributed by atoms with Crippen molar-refractivity contribution in [1.82, 2.24) is 0 Å². The molecule has 15 heavy (non-hydrogen) atoms. The summed E-state index contributed by atoms with van der Waals surface area (Å²) in [5.41, 5.74) is 6.80. The number of phenols is 1. The molecule has 0 spiro atoms. The summed E-state index contributed by atoms with van der Waals surface area (Å²) in [5, 5.41) is 18.4. The second kappa shape index (κ2) is 4.79. The SMILES string of the molecule is CCc1cccc(CC(N)C(=O)O)c1O. The first-order chi connectivity index (χ1) is 7.06. The zero-order valence-corrected chi connectivity index (χ0v) is 8.60. The van der Waals surface area contributed by atoms with Crippen LogP contribution in [0.5, 0.6) is 5.75 Å². The van der Waals surface area contributed by atoms with E-state index in [0.29, 0.717) is 12.0 Å². The van der Waals surface area contributed by atoms with Crippen molar-refractivity contribution < 1.29 is 15.0 Å². The van der Waals surface area contributed by atoms with E-state index in [1.165, 1.54) is 0 Å². The monoisotopic (exact) mass is 209 g/mol. The predicted molar refractivity (Wildman–Crippen MR) is 56.8 cm³/mol. The molecule has 0 aliphatic heterocycles. The summed E-state index contributed by atoms with van der Waals surface area (Å²) in [5.74, 6) is -0.895. The van der Waals surface area contributed by atoms with Gasteiger partial charge in [0, 0.05) is 6.42 Å². The smallest absolute Gasteiger partial charge is 0.320 e. The van der Waals surface area contributed by atoms with Crippen molar-refractivity contribution in [3.63, 3.8) is 0 Å². The number of hydrogen-bond donors (Lipinski definition) is 3. The quantitative estimate of drug-likeness (QED) is 0.688. The molecule has 0 saturated carbocycles. The fourth-order valence-corrected chi connectivity index (χ4v) is 1.42. The van der Waals surface area contributed by atoms with Crippen LogP contribution in [-0.2, 0) is 17.6 Å². The molecular formula is C11H15NO3. The Morgan fingerprint density at radius 2 is 2.07 bits per heavy atom. The molecule has 4 nitrogen and oxygen atoms in total. The number of benzene rings is 1. The van der Waals surface area contributed by atoms with Crippen molar-refractivity contribution >= 4 is 5.97 Å². The van der Waals surface area contributed by atoms with Crippen LogP contribution in [0.2, 0.25) is 0 Å². The summed E-state index contributed by atoms with van der Waals surface area (Å²) >= 11 is 0. The Bertz CT molecular complexity index is 363. The Balaban J connectivity index is 2.90. The maximum Gasteiger partial charge on any atom is 0.320 e. The number of rotatable bonds is 4. The third kappa shape index (κ3) is 2.70. The van der Waals surface area contributed by atoms with Crippen LogP contribution >= 0.6 is 0 Å². The van der Waals surface area contributed by atoms with Crippen LogP contribution in [-0.4, -0.2) is 22.2 Å². The molecule has 0 fully saturated rings. The van der Waals surface area contributed by atoms with E-state index in [4.69, 9.17) is 10.8 Å². The minimum atomic E-state index is -1.06. The summed E-state index contributed by atoms with van der Waals surface area (Å²) < 4.78 is 0. The summed E-state index contributed by atoms with van der Waals surface area (Å²) in [4.78, 5) is 10.6. The molecule has 1 rings (SSSR count). The second-order valence-electron chi connectivity index (χ2n) is 3.43. The van der Waals surface area contributed by atoms with Crippen molar-refractivity contribution in [3.8, 4) is 5.75 Å². The molecule has 1 aromatic carbocycles. The van der Waals surface area contributed by atoms with Gasteiger partial charge < -0.3 is 15.9 Å². The lowest BCUT2D eigenvalue weighted by Crippen LogP contribution is -2.32. The van der Waals surface area contributed by atoms with Crippen molar-refractivity contribution in [2.24, 2.45) is 5.73 Å². The van der Waals surface area contributed by atoms with Gasteiger partial charge >= 0.3 is 5.97 Å². The molecule has 1 unspecified atom stereocenters. The van der Waals surface area contributed by atoms with Crippen molar-refractivity contribution in [1.29, 1.82) is 0 Å². The number of carboxylic acid groups (broad SMARTS) is 1. The zero-order valence-electron chi connectivity index (χ0n) is 8.60. The van der Waals surface area contributed by atoms with Gasteiger partial charge in [-0.25, -0.2) is 0 Å². The molecule has 0 saturated heterocycles. The average molecular weight is 209 g/mol. The van der Waals surface area contributed by atoms with E-state index < -0.39 is 12.0 Å². The Morgan fingerprint density at radius 3 is 2.60 bits per heavy atom. The third-order valence-corrected chi connectivity index (χ3v) is 2.34. The number of nitrogens with two attached hydrogens (primary N) is 1. The van der Waals surface area contributed by atoms with Crippen LogP contribution in [0.4, 0.5) is 0 Å². The molecule has 0 bridgehead atoms. The molecule has 4 N–H and O–H groups in total. The number of aryl methyl sites for hydroxylation is 1. The number of phenolic OH excluding ortho intramolecular Hbond substituents is 1. The minimum Gasteiger partial charge on any atom is -0.507 e. The molecule has 0 aliphatic carbocycles. The first kappa shape index (κ1) is 11.5. The van der Waals surface area contributed by atoms with Crippen molar-refractivity contribution in [2.75, 3.05) is 0 Å². The van der Waals surface area contributed by atoms with Gasteiger partial charge in [0.05, 0.1) is 0 Å². The second-order valence-corrected chi connectivity index (χ2v) is 3.43. The standard InChI is InChI=1S/C11H15NO3/c1-2-7-4-3-5-8(10(7)13)6-9(12)11(14)15/h3-5,9,13H,2,6,12H2,1H3,(H,14,15). The highest BCUT2D eigenvalue weighted by Gasteiger charge is 2.15. The van der Waals surface area contributed by atoms with Gasteiger partial charge in [-0.3, -0.25) is 4.79 Å². The number of carbonyl (C=O) groups is 1. The van der Waals surface area contributed by atoms with Gasteiger partial charge in [0.1, 0.15) is 11.8 Å². The summed E-state index contributed by atoms with van der Waals surface area (Å²) in [6.45, 7) is 1.93. The Morgan fingerprint density at radius 1 is 1.47 bits per heavy atom. The van der Waals surface area contributed by atoms with Gasteiger partial charge in [0.25, 0.3) is 0 Å². The summed E-state index contributed by atoms with van der Waals surface area (Å²) in [7, 11) is 0. The van der Waals surface area contributed by atoms with Crippen LogP contribution in [0, 0.1) is 0 Å². The minimum absolute atomic E-state index is 0.148. The molecule has 0 aliphatic rings. The van der Waals surface area contributed by atoms with Crippen molar-refractivity contribution in [3.05, 3.63) is 29.3 Å². The highest BCUT2D eigenvalue weighted by Crippen LogP contribution is 2.23. The number of para-hydroxylation sites is 1. The van der Waals surface area contributed by atoms with E-state index in [9.17, 15) is 9.90 Å². The molecule has 0 heterocycles. The molecule has 82 valence electrons. The summed E-state index contributed by atoms with van der Waals surface area (Å²) in [6.07, 6.45) is 0.858. The fraction of sp³-hybridized carbons (Fsp3) is 0.364. The number of aromatic hydroxyl groups is 1. The molecular weight excluding hydrogens is 194 g/mol. The lowest BCUT2D eigenvalue weighted by molar-refractivity contribution is -0.138. The number of aliphatic carboxylic acids is 1. The van der Waals surface area contributed by atoms with Gasteiger partial charge in [-0.15, -0.1) is 0 Å². The third-order valence-electron chi connectivity index (χ3n) is 2.34. The number of hydrogen-bond acceptors (Lipinski definition) is 3. The number of carboxylic acids is 1. The van der Waals surface area contributed by atoms with Crippen LogP contribution in [0.25, 0.3) is 0 Å². The van der Waals surface area contributed by atoms with Crippen LogP contribution in [0.3, 0.4) is 0 Å². The Labute approximate surface area is 88.3 Å². The highest BCUT2D eigenvalue weighted by atomic mass is 16.4. The molecule has 1 atom stereocenters. The zero-order chi connectivity index (χ0) is 11.4. The topological polar surface area (TPSA) is 83.6 Å². The van der Waals surface area contributed by atoms with Crippen LogP contribution in [0.15, 0.2) is 18.2 Å². The summed E-state index contributed by atoms with van der Waals surface area (Å²) in [6, 6.07) is 4.33. The molecule has 1 aromatic rings.